The van der Waals surface area contributed by atoms with E-state index in [2.05, 4.69) is 10.3 Å². The summed E-state index contributed by atoms with van der Waals surface area (Å²) in [5, 5.41) is 10.1. The molecule has 0 atom stereocenters. The number of amidine groups is 1. The van der Waals surface area contributed by atoms with Gasteiger partial charge in [0.1, 0.15) is 5.69 Å². The zero-order chi connectivity index (χ0) is 26.2. The number of aromatic nitrogens is 2. The molecule has 0 bridgehead atoms. The van der Waals surface area contributed by atoms with Crippen LogP contribution in [-0.2, 0) is 7.05 Å². The second-order valence-corrected chi connectivity index (χ2v) is 8.78. The fourth-order valence-corrected chi connectivity index (χ4v) is 3.70. The van der Waals surface area contributed by atoms with E-state index in [1.807, 2.05) is 55.4 Å². The van der Waals surface area contributed by atoms with Crippen molar-refractivity contribution in [2.45, 2.75) is 19.3 Å². The van der Waals surface area contributed by atoms with E-state index in [-0.39, 0.29) is 17.3 Å². The van der Waals surface area contributed by atoms with Crippen LogP contribution in [0.1, 0.15) is 51.4 Å². The van der Waals surface area contributed by atoms with Crippen LogP contribution in [0.2, 0.25) is 0 Å². The molecule has 0 unspecified atom stereocenters. The summed E-state index contributed by atoms with van der Waals surface area (Å²) in [6.45, 7) is 0.479. The lowest BCUT2D eigenvalue weighted by Crippen LogP contribution is -2.26. The minimum absolute atomic E-state index is 0.144. The van der Waals surface area contributed by atoms with Gasteiger partial charge < -0.3 is 26.3 Å². The van der Waals surface area contributed by atoms with Gasteiger partial charge in [0, 0.05) is 51.6 Å². The molecule has 0 aliphatic heterocycles. The van der Waals surface area contributed by atoms with E-state index in [0.29, 0.717) is 35.6 Å². The third kappa shape index (κ3) is 6.82. The summed E-state index contributed by atoms with van der Waals surface area (Å²) in [7, 11) is 5.75. The molecular formula is C27H33N7O2. The normalized spacial score (nSPS) is 11.0. The van der Waals surface area contributed by atoms with Gasteiger partial charge in [0.2, 0.25) is 0 Å². The van der Waals surface area contributed by atoms with Crippen molar-refractivity contribution in [1.29, 1.82) is 5.41 Å². The molecule has 0 aliphatic rings. The summed E-state index contributed by atoms with van der Waals surface area (Å²) in [4.78, 5) is 31.5. The molecule has 2 aromatic heterocycles. The SMILES string of the molecule is CN(C)c1ccc(C=Cc2ccc(C(N)=O)c(-c3cc(C(=O)NCCCCC(=N)N)n(C)c3)n2)cc1. The summed E-state index contributed by atoms with van der Waals surface area (Å²) in [5.41, 5.74) is 15.5. The molecule has 0 saturated carbocycles. The number of primary amides is 1. The maximum absolute atomic E-state index is 12.7. The number of unbranched alkanes of at least 4 members (excludes halogenated alkanes) is 1. The van der Waals surface area contributed by atoms with Crippen molar-refractivity contribution in [3.63, 3.8) is 0 Å². The van der Waals surface area contributed by atoms with E-state index in [1.54, 1.807) is 36.0 Å². The number of carbonyl (C=O) groups is 2. The number of pyridine rings is 1. The summed E-state index contributed by atoms with van der Waals surface area (Å²) in [5.74, 6) is -0.678. The van der Waals surface area contributed by atoms with Crippen molar-refractivity contribution in [2.75, 3.05) is 25.5 Å². The fourth-order valence-electron chi connectivity index (χ4n) is 3.70. The molecule has 9 heteroatoms. The number of rotatable bonds is 11. The zero-order valence-corrected chi connectivity index (χ0v) is 20.9. The first-order valence-electron chi connectivity index (χ1n) is 11.7. The number of nitrogens with two attached hydrogens (primary N) is 2. The summed E-state index contributed by atoms with van der Waals surface area (Å²) < 4.78 is 1.70. The number of aryl methyl sites for hydroxylation is 1. The van der Waals surface area contributed by atoms with E-state index < -0.39 is 5.91 Å². The van der Waals surface area contributed by atoms with Crippen molar-refractivity contribution in [2.24, 2.45) is 18.5 Å². The van der Waals surface area contributed by atoms with Crippen LogP contribution in [0.25, 0.3) is 23.4 Å². The maximum Gasteiger partial charge on any atom is 0.267 e. The van der Waals surface area contributed by atoms with Crippen molar-refractivity contribution in [3.05, 3.63) is 71.2 Å². The Labute approximate surface area is 211 Å². The molecule has 0 saturated heterocycles. The van der Waals surface area contributed by atoms with Gasteiger partial charge in [-0.1, -0.05) is 18.2 Å². The van der Waals surface area contributed by atoms with Crippen LogP contribution < -0.4 is 21.7 Å². The van der Waals surface area contributed by atoms with Crippen molar-refractivity contribution in [1.82, 2.24) is 14.9 Å². The molecular weight excluding hydrogens is 454 g/mol. The molecule has 36 heavy (non-hydrogen) atoms. The Morgan fingerprint density at radius 3 is 2.44 bits per heavy atom. The Balaban J connectivity index is 1.81. The van der Waals surface area contributed by atoms with Gasteiger partial charge >= 0.3 is 0 Å². The van der Waals surface area contributed by atoms with Gasteiger partial charge in [-0.2, -0.15) is 0 Å². The van der Waals surface area contributed by atoms with Gasteiger partial charge in [0.05, 0.1) is 22.8 Å². The number of anilines is 1. The van der Waals surface area contributed by atoms with Gasteiger partial charge in [-0.05, 0) is 54.8 Å². The van der Waals surface area contributed by atoms with Crippen LogP contribution in [-0.4, -0.2) is 47.8 Å². The van der Waals surface area contributed by atoms with E-state index >= 15 is 0 Å². The lowest BCUT2D eigenvalue weighted by atomic mass is 10.1. The van der Waals surface area contributed by atoms with Crippen LogP contribution >= 0.6 is 0 Å². The number of carbonyl (C=O) groups excluding carboxylic acids is 2. The lowest BCUT2D eigenvalue weighted by molar-refractivity contribution is 0.0944. The maximum atomic E-state index is 12.7. The number of nitrogens with zero attached hydrogens (tertiary/aromatic N) is 3. The predicted molar refractivity (Wildman–Crippen MR) is 145 cm³/mol. The molecule has 188 valence electrons. The number of amides is 2. The summed E-state index contributed by atoms with van der Waals surface area (Å²) >= 11 is 0. The predicted octanol–water partition coefficient (Wildman–Crippen LogP) is 3.26. The van der Waals surface area contributed by atoms with Crippen molar-refractivity contribution in [3.8, 4) is 11.3 Å². The second kappa shape index (κ2) is 11.8. The standard InChI is InChI=1S/C27H33N7O2/c1-33(2)21-12-8-18(9-13-21)7-10-20-11-14-22(26(30)35)25(32-20)19-16-23(34(3)17-19)27(36)31-15-5-4-6-24(28)29/h7-14,16-17H,4-6,15H2,1-3H3,(H3,28,29)(H2,30,35)(H,31,36). The number of hydrogen-bond acceptors (Lipinski definition) is 5. The molecule has 0 fully saturated rings. The van der Waals surface area contributed by atoms with Crippen LogP contribution in [0.3, 0.4) is 0 Å². The molecule has 0 spiro atoms. The van der Waals surface area contributed by atoms with Gasteiger partial charge in [0.15, 0.2) is 0 Å². The minimum atomic E-state index is -0.590. The topological polar surface area (TPSA) is 143 Å². The van der Waals surface area contributed by atoms with E-state index in [0.717, 1.165) is 24.1 Å². The van der Waals surface area contributed by atoms with Crippen LogP contribution in [0.5, 0.6) is 0 Å². The zero-order valence-electron chi connectivity index (χ0n) is 20.9. The second-order valence-electron chi connectivity index (χ2n) is 8.78. The number of benzene rings is 1. The molecule has 3 aromatic rings. The van der Waals surface area contributed by atoms with Crippen molar-refractivity contribution < 1.29 is 9.59 Å². The fraction of sp³-hybridized carbons (Fsp3) is 0.259. The first-order chi connectivity index (χ1) is 17.2. The highest BCUT2D eigenvalue weighted by molar-refractivity contribution is 6.00. The van der Waals surface area contributed by atoms with Crippen LogP contribution in [0.4, 0.5) is 5.69 Å². The summed E-state index contributed by atoms with van der Waals surface area (Å²) in [6.07, 6.45) is 7.55. The molecule has 6 N–H and O–H groups in total. The van der Waals surface area contributed by atoms with Gasteiger partial charge in [-0.15, -0.1) is 0 Å². The largest absolute Gasteiger partial charge is 0.388 e. The first-order valence-corrected chi connectivity index (χ1v) is 11.7. The number of hydrogen-bond donors (Lipinski definition) is 4. The average molecular weight is 488 g/mol. The Bertz CT molecular complexity index is 1270. The molecule has 0 radical (unpaired) electrons. The Morgan fingerprint density at radius 1 is 1.08 bits per heavy atom. The molecule has 2 heterocycles. The molecule has 2 amide bonds. The van der Waals surface area contributed by atoms with E-state index in [4.69, 9.17) is 16.9 Å². The van der Waals surface area contributed by atoms with E-state index in [9.17, 15) is 9.59 Å². The third-order valence-electron chi connectivity index (χ3n) is 5.71. The third-order valence-corrected chi connectivity index (χ3v) is 5.71. The molecule has 1 aromatic carbocycles. The highest BCUT2D eigenvalue weighted by Crippen LogP contribution is 2.25. The average Bonchev–Trinajstić information content (AvgIpc) is 3.23. The monoisotopic (exact) mass is 487 g/mol. The Hall–Kier alpha value is -4.40. The highest BCUT2D eigenvalue weighted by atomic mass is 16.2. The molecule has 9 nitrogen and oxygen atoms in total. The molecule has 3 rings (SSSR count). The quantitative estimate of drug-likeness (QED) is 0.186. The van der Waals surface area contributed by atoms with Gasteiger partial charge in [-0.3, -0.25) is 15.0 Å². The van der Waals surface area contributed by atoms with Gasteiger partial charge in [-0.25, -0.2) is 4.98 Å². The van der Waals surface area contributed by atoms with Crippen molar-refractivity contribution >= 4 is 35.5 Å². The highest BCUT2D eigenvalue weighted by Gasteiger charge is 2.18. The smallest absolute Gasteiger partial charge is 0.267 e. The van der Waals surface area contributed by atoms with Crippen LogP contribution in [0, 0.1) is 5.41 Å². The van der Waals surface area contributed by atoms with E-state index in [1.165, 1.54) is 0 Å². The van der Waals surface area contributed by atoms with Crippen LogP contribution in [0.15, 0.2) is 48.7 Å². The summed E-state index contributed by atoms with van der Waals surface area (Å²) in [6, 6.07) is 13.2. The lowest BCUT2D eigenvalue weighted by Gasteiger charge is -2.11. The minimum Gasteiger partial charge on any atom is -0.388 e. The number of nitrogens with one attached hydrogen (secondary N) is 2. The Kier molecular flexibility index (Phi) is 8.61. The molecule has 0 aliphatic carbocycles. The Morgan fingerprint density at radius 2 is 1.81 bits per heavy atom. The van der Waals surface area contributed by atoms with Gasteiger partial charge in [0.25, 0.3) is 11.8 Å². The first kappa shape index (κ1) is 26.2.